The highest BCUT2D eigenvalue weighted by Gasteiger charge is 2.12. The van der Waals surface area contributed by atoms with Gasteiger partial charge in [-0.05, 0) is 29.8 Å². The van der Waals surface area contributed by atoms with Crippen LogP contribution in [-0.4, -0.2) is 40.0 Å². The van der Waals surface area contributed by atoms with E-state index >= 15 is 0 Å². The standard InChI is InChI=1S/C29H29NO6/c1-33-23-18-28(35-3)24(29(19-23)36-4)12-11-22(31)16-20-10-13-27(34-2)25(17-20)30-15-14-26(32)21-8-6-5-7-9-21/h5-15,17-19,30H,16H2,1-4H3/b12-11+,15-14-. The Morgan fingerprint density at radius 1 is 0.778 bits per heavy atom. The maximum atomic E-state index is 12.7. The summed E-state index contributed by atoms with van der Waals surface area (Å²) < 4.78 is 21.5. The van der Waals surface area contributed by atoms with E-state index in [0.29, 0.717) is 39.8 Å². The van der Waals surface area contributed by atoms with Gasteiger partial charge in [0.25, 0.3) is 0 Å². The molecule has 0 amide bonds. The zero-order valence-corrected chi connectivity index (χ0v) is 20.7. The van der Waals surface area contributed by atoms with E-state index in [4.69, 9.17) is 18.9 Å². The lowest BCUT2D eigenvalue weighted by Gasteiger charge is -2.12. The van der Waals surface area contributed by atoms with Crippen molar-refractivity contribution in [1.29, 1.82) is 0 Å². The first kappa shape index (κ1) is 26.1. The number of carbonyl (C=O) groups is 2. The Hall–Kier alpha value is -4.52. The number of carbonyl (C=O) groups excluding carboxylic acids is 2. The topological polar surface area (TPSA) is 83.1 Å². The van der Waals surface area contributed by atoms with Gasteiger partial charge >= 0.3 is 0 Å². The molecule has 0 aliphatic carbocycles. The van der Waals surface area contributed by atoms with Crippen molar-refractivity contribution in [3.05, 3.63) is 95.7 Å². The van der Waals surface area contributed by atoms with E-state index < -0.39 is 0 Å². The number of anilines is 1. The van der Waals surface area contributed by atoms with Crippen LogP contribution in [0.1, 0.15) is 21.5 Å². The summed E-state index contributed by atoms with van der Waals surface area (Å²) in [5.74, 6) is 2.01. The van der Waals surface area contributed by atoms with Crippen LogP contribution in [0.25, 0.3) is 6.08 Å². The summed E-state index contributed by atoms with van der Waals surface area (Å²) in [6.07, 6.45) is 6.33. The number of hydrogen-bond donors (Lipinski definition) is 1. The average Bonchev–Trinajstić information content (AvgIpc) is 2.91. The molecule has 7 heteroatoms. The van der Waals surface area contributed by atoms with Crippen molar-refractivity contribution in [2.45, 2.75) is 6.42 Å². The minimum Gasteiger partial charge on any atom is -0.496 e. The molecule has 186 valence electrons. The molecule has 1 N–H and O–H groups in total. The Kier molecular flexibility index (Phi) is 9.28. The summed E-state index contributed by atoms with van der Waals surface area (Å²) >= 11 is 0. The third-order valence-electron chi connectivity index (χ3n) is 5.36. The van der Waals surface area contributed by atoms with Crippen LogP contribution in [0.2, 0.25) is 0 Å². The lowest BCUT2D eigenvalue weighted by atomic mass is 10.1. The molecule has 0 heterocycles. The van der Waals surface area contributed by atoms with Crippen molar-refractivity contribution in [3.63, 3.8) is 0 Å². The molecule has 0 bridgehead atoms. The molecule has 3 aromatic rings. The van der Waals surface area contributed by atoms with Crippen LogP contribution in [0.3, 0.4) is 0 Å². The van der Waals surface area contributed by atoms with Gasteiger partial charge in [0.2, 0.25) is 0 Å². The van der Waals surface area contributed by atoms with E-state index in [1.54, 1.807) is 71.0 Å². The largest absolute Gasteiger partial charge is 0.496 e. The maximum Gasteiger partial charge on any atom is 0.187 e. The normalized spacial score (nSPS) is 10.9. The zero-order valence-electron chi connectivity index (χ0n) is 20.7. The molecular weight excluding hydrogens is 458 g/mol. The lowest BCUT2D eigenvalue weighted by Crippen LogP contribution is -2.02. The molecule has 0 aliphatic heterocycles. The van der Waals surface area contributed by atoms with E-state index in [1.807, 2.05) is 30.3 Å². The van der Waals surface area contributed by atoms with Crippen molar-refractivity contribution in [2.75, 3.05) is 33.8 Å². The summed E-state index contributed by atoms with van der Waals surface area (Å²) in [6, 6.07) is 17.9. The minimum atomic E-state index is -0.122. The molecule has 0 saturated carbocycles. The molecular formula is C29H29NO6. The highest BCUT2D eigenvalue weighted by molar-refractivity contribution is 6.04. The highest BCUT2D eigenvalue weighted by Crippen LogP contribution is 2.35. The summed E-state index contributed by atoms with van der Waals surface area (Å²) in [7, 11) is 6.20. The average molecular weight is 488 g/mol. The summed E-state index contributed by atoms with van der Waals surface area (Å²) in [4.78, 5) is 25.0. The van der Waals surface area contributed by atoms with Crippen molar-refractivity contribution in [3.8, 4) is 23.0 Å². The van der Waals surface area contributed by atoms with Gasteiger partial charge in [-0.25, -0.2) is 0 Å². The molecule has 36 heavy (non-hydrogen) atoms. The van der Waals surface area contributed by atoms with Crippen LogP contribution in [0, 0.1) is 0 Å². The molecule has 0 unspecified atom stereocenters. The Bertz CT molecular complexity index is 1240. The van der Waals surface area contributed by atoms with Crippen LogP contribution in [0.5, 0.6) is 23.0 Å². The first-order valence-electron chi connectivity index (χ1n) is 11.2. The van der Waals surface area contributed by atoms with Gasteiger partial charge in [-0.3, -0.25) is 9.59 Å². The Morgan fingerprint density at radius 3 is 2.06 bits per heavy atom. The van der Waals surface area contributed by atoms with Gasteiger partial charge in [-0.15, -0.1) is 0 Å². The van der Waals surface area contributed by atoms with Crippen molar-refractivity contribution < 1.29 is 28.5 Å². The van der Waals surface area contributed by atoms with Gasteiger partial charge < -0.3 is 24.3 Å². The molecule has 0 fully saturated rings. The number of benzene rings is 3. The molecule has 0 saturated heterocycles. The summed E-state index contributed by atoms with van der Waals surface area (Å²) in [5.41, 5.74) is 2.66. The molecule has 3 aromatic carbocycles. The molecule has 0 radical (unpaired) electrons. The van der Waals surface area contributed by atoms with Gasteiger partial charge in [-0.2, -0.15) is 0 Å². The van der Waals surface area contributed by atoms with E-state index in [9.17, 15) is 9.59 Å². The molecule has 0 aromatic heterocycles. The fourth-order valence-corrected chi connectivity index (χ4v) is 3.52. The molecule has 0 aliphatic rings. The van der Waals surface area contributed by atoms with Gasteiger partial charge in [0.15, 0.2) is 11.6 Å². The van der Waals surface area contributed by atoms with E-state index in [0.717, 1.165) is 5.56 Å². The first-order valence-corrected chi connectivity index (χ1v) is 11.2. The molecule has 7 nitrogen and oxygen atoms in total. The molecule has 3 rings (SSSR count). The number of hydrogen-bond acceptors (Lipinski definition) is 7. The number of methoxy groups -OCH3 is 4. The van der Waals surface area contributed by atoms with Crippen LogP contribution in [-0.2, 0) is 11.2 Å². The number of ether oxygens (including phenoxy) is 4. The minimum absolute atomic E-state index is 0.110. The van der Waals surface area contributed by atoms with Crippen molar-refractivity contribution >= 4 is 23.3 Å². The predicted molar refractivity (Wildman–Crippen MR) is 140 cm³/mol. The Labute approximate surface area is 211 Å². The monoisotopic (exact) mass is 487 g/mol. The number of ketones is 2. The van der Waals surface area contributed by atoms with Gasteiger partial charge in [0, 0.05) is 36.4 Å². The Morgan fingerprint density at radius 2 is 1.44 bits per heavy atom. The first-order chi connectivity index (χ1) is 17.5. The van der Waals surface area contributed by atoms with Gasteiger partial charge in [0.1, 0.15) is 23.0 Å². The quantitative estimate of drug-likeness (QED) is 0.272. The maximum absolute atomic E-state index is 12.7. The number of rotatable bonds is 12. The highest BCUT2D eigenvalue weighted by atomic mass is 16.5. The second-order valence-corrected chi connectivity index (χ2v) is 7.66. The van der Waals surface area contributed by atoms with Crippen molar-refractivity contribution in [2.24, 2.45) is 0 Å². The summed E-state index contributed by atoms with van der Waals surface area (Å²) in [5, 5.41) is 3.08. The fraction of sp³-hybridized carbons (Fsp3) is 0.172. The van der Waals surface area contributed by atoms with Crippen LogP contribution < -0.4 is 24.3 Å². The number of allylic oxidation sites excluding steroid dienone is 2. The predicted octanol–water partition coefficient (Wildman–Crippen LogP) is 5.35. The zero-order chi connectivity index (χ0) is 25.9. The third-order valence-corrected chi connectivity index (χ3v) is 5.36. The molecule has 0 spiro atoms. The van der Waals surface area contributed by atoms with E-state index in [2.05, 4.69) is 5.32 Å². The SMILES string of the molecule is COc1cc(OC)c(/C=C/C(=O)Cc2ccc(OC)c(N/C=C\C(=O)c3ccccc3)c2)c(OC)c1. The van der Waals surface area contributed by atoms with Crippen LogP contribution in [0.4, 0.5) is 5.69 Å². The second kappa shape index (κ2) is 12.8. The fourth-order valence-electron chi connectivity index (χ4n) is 3.52. The molecule has 0 atom stereocenters. The number of nitrogens with one attached hydrogen (secondary N) is 1. The smallest absolute Gasteiger partial charge is 0.187 e. The summed E-state index contributed by atoms with van der Waals surface area (Å²) in [6.45, 7) is 0. The Balaban J connectivity index is 1.73. The van der Waals surface area contributed by atoms with E-state index in [-0.39, 0.29) is 18.0 Å². The second-order valence-electron chi connectivity index (χ2n) is 7.66. The third kappa shape index (κ3) is 6.76. The van der Waals surface area contributed by atoms with Crippen molar-refractivity contribution in [1.82, 2.24) is 0 Å². The van der Waals surface area contributed by atoms with Gasteiger partial charge in [-0.1, -0.05) is 36.4 Å². The van der Waals surface area contributed by atoms with E-state index in [1.165, 1.54) is 12.2 Å². The van der Waals surface area contributed by atoms with Crippen LogP contribution >= 0.6 is 0 Å². The van der Waals surface area contributed by atoms with Gasteiger partial charge in [0.05, 0.1) is 39.7 Å². The lowest BCUT2D eigenvalue weighted by molar-refractivity contribution is -0.113. The van der Waals surface area contributed by atoms with Crippen LogP contribution in [0.15, 0.2) is 79.0 Å².